The van der Waals surface area contributed by atoms with Crippen molar-refractivity contribution >= 4 is 34.8 Å². The van der Waals surface area contributed by atoms with Gasteiger partial charge in [0.25, 0.3) is 0 Å². The second-order valence-electron chi connectivity index (χ2n) is 5.49. The van der Waals surface area contributed by atoms with Crippen molar-refractivity contribution in [3.63, 3.8) is 0 Å². The van der Waals surface area contributed by atoms with Gasteiger partial charge in [0.2, 0.25) is 0 Å². The lowest BCUT2D eigenvalue weighted by Gasteiger charge is -2.16. The van der Waals surface area contributed by atoms with Crippen molar-refractivity contribution in [1.29, 1.82) is 0 Å². The number of benzene rings is 2. The maximum Gasteiger partial charge on any atom is 0.163 e. The van der Waals surface area contributed by atoms with Crippen molar-refractivity contribution < 1.29 is 9.47 Å². The van der Waals surface area contributed by atoms with Gasteiger partial charge in [-0.1, -0.05) is 47.8 Å². The first-order chi connectivity index (χ1) is 12.1. The minimum Gasteiger partial charge on any atom is -0.490 e. The van der Waals surface area contributed by atoms with E-state index in [1.54, 1.807) is 24.3 Å². The first kappa shape index (κ1) is 20.2. The molecule has 0 radical (unpaired) electrons. The number of hydrogen-bond donors (Lipinski definition) is 1. The van der Waals surface area contributed by atoms with Crippen LogP contribution in [0.5, 0.6) is 11.5 Å². The molecule has 25 heavy (non-hydrogen) atoms. The zero-order chi connectivity index (χ0) is 18.2. The molecule has 0 saturated heterocycles. The predicted octanol–water partition coefficient (Wildman–Crippen LogP) is 6.12. The van der Waals surface area contributed by atoms with Crippen LogP contribution < -0.4 is 14.8 Å². The molecule has 6 heteroatoms. The summed E-state index contributed by atoms with van der Waals surface area (Å²) in [6.07, 6.45) is 1.07. The van der Waals surface area contributed by atoms with Gasteiger partial charge in [-0.25, -0.2) is 0 Å². The van der Waals surface area contributed by atoms with Gasteiger partial charge in [-0.2, -0.15) is 0 Å². The van der Waals surface area contributed by atoms with Crippen LogP contribution in [0, 0.1) is 0 Å². The summed E-state index contributed by atoms with van der Waals surface area (Å²) in [6.45, 7) is 6.44. The van der Waals surface area contributed by atoms with Crippen LogP contribution in [-0.2, 0) is 13.2 Å². The number of rotatable bonds is 9. The molecule has 0 amide bonds. The Hall–Kier alpha value is -1.13. The normalized spacial score (nSPS) is 10.8. The van der Waals surface area contributed by atoms with E-state index in [4.69, 9.17) is 44.3 Å². The van der Waals surface area contributed by atoms with E-state index in [2.05, 4.69) is 12.2 Å². The third-order valence-corrected chi connectivity index (χ3v) is 4.65. The Labute approximate surface area is 164 Å². The van der Waals surface area contributed by atoms with E-state index in [0.29, 0.717) is 39.7 Å². The first-order valence-electron chi connectivity index (χ1n) is 8.28. The zero-order valence-electron chi connectivity index (χ0n) is 14.4. The summed E-state index contributed by atoms with van der Waals surface area (Å²) >= 11 is 18.8. The Morgan fingerprint density at radius 1 is 0.920 bits per heavy atom. The van der Waals surface area contributed by atoms with Gasteiger partial charge in [-0.3, -0.25) is 0 Å². The van der Waals surface area contributed by atoms with E-state index in [1.807, 2.05) is 13.0 Å². The summed E-state index contributed by atoms with van der Waals surface area (Å²) in [4.78, 5) is 0. The van der Waals surface area contributed by atoms with Crippen LogP contribution in [-0.4, -0.2) is 13.2 Å². The number of halogens is 3. The van der Waals surface area contributed by atoms with E-state index in [9.17, 15) is 0 Å². The molecule has 0 aromatic heterocycles. The minimum absolute atomic E-state index is 0.238. The van der Waals surface area contributed by atoms with Crippen LogP contribution in [0.4, 0.5) is 0 Å². The molecule has 0 aliphatic rings. The summed E-state index contributed by atoms with van der Waals surface area (Å²) < 4.78 is 11.6. The lowest BCUT2D eigenvalue weighted by Crippen LogP contribution is -2.14. The van der Waals surface area contributed by atoms with Crippen LogP contribution in [0.25, 0.3) is 0 Å². The van der Waals surface area contributed by atoms with Crippen molar-refractivity contribution in [2.75, 3.05) is 13.2 Å². The predicted molar refractivity (Wildman–Crippen MR) is 105 cm³/mol. The van der Waals surface area contributed by atoms with Gasteiger partial charge >= 0.3 is 0 Å². The Morgan fingerprint density at radius 2 is 1.60 bits per heavy atom. The molecule has 0 fully saturated rings. The van der Waals surface area contributed by atoms with Crippen molar-refractivity contribution in [1.82, 2.24) is 5.32 Å². The number of ether oxygens (including phenoxy) is 2. The van der Waals surface area contributed by atoms with Crippen LogP contribution >= 0.6 is 34.8 Å². The molecule has 0 heterocycles. The SMILES string of the molecule is CCCNCc1cc(OCC)c(OCc2c(Cl)cccc2Cl)cc1Cl. The molecule has 0 aliphatic heterocycles. The van der Waals surface area contributed by atoms with Gasteiger partial charge in [-0.15, -0.1) is 0 Å². The fourth-order valence-electron chi connectivity index (χ4n) is 2.31. The van der Waals surface area contributed by atoms with E-state index in [0.717, 1.165) is 24.1 Å². The Bertz CT molecular complexity index is 687. The number of hydrogen-bond acceptors (Lipinski definition) is 3. The van der Waals surface area contributed by atoms with Crippen molar-refractivity contribution in [3.8, 4) is 11.5 Å². The summed E-state index contributed by atoms with van der Waals surface area (Å²) in [5, 5.41) is 5.10. The Kier molecular flexibility index (Phi) is 8.17. The van der Waals surface area contributed by atoms with Gasteiger partial charge in [0, 0.05) is 33.2 Å². The number of nitrogens with one attached hydrogen (secondary N) is 1. The Morgan fingerprint density at radius 3 is 2.24 bits per heavy atom. The third-order valence-electron chi connectivity index (χ3n) is 3.59. The van der Waals surface area contributed by atoms with Gasteiger partial charge in [0.15, 0.2) is 11.5 Å². The standard InChI is InChI=1S/C19H22Cl3NO2/c1-3-8-23-11-13-9-18(24-4-2)19(10-17(13)22)25-12-14-15(20)6-5-7-16(14)21/h5-7,9-10,23H,3-4,8,11-12H2,1-2H3. The smallest absolute Gasteiger partial charge is 0.163 e. The molecular formula is C19H22Cl3NO2. The molecule has 2 aromatic rings. The second-order valence-corrected chi connectivity index (χ2v) is 6.71. The highest BCUT2D eigenvalue weighted by Crippen LogP contribution is 2.35. The van der Waals surface area contributed by atoms with Gasteiger partial charge in [-0.05, 0) is 43.7 Å². The fourth-order valence-corrected chi connectivity index (χ4v) is 3.04. The van der Waals surface area contributed by atoms with Crippen molar-refractivity contribution in [3.05, 3.63) is 56.5 Å². The summed E-state index contributed by atoms with van der Waals surface area (Å²) in [7, 11) is 0. The van der Waals surface area contributed by atoms with Gasteiger partial charge in [0.05, 0.1) is 6.61 Å². The third kappa shape index (κ3) is 5.68. The molecule has 0 spiro atoms. The van der Waals surface area contributed by atoms with Crippen molar-refractivity contribution in [2.45, 2.75) is 33.4 Å². The lowest BCUT2D eigenvalue weighted by atomic mass is 10.2. The molecule has 2 aromatic carbocycles. The molecule has 0 unspecified atom stereocenters. The lowest BCUT2D eigenvalue weighted by molar-refractivity contribution is 0.269. The van der Waals surface area contributed by atoms with Crippen molar-refractivity contribution in [2.24, 2.45) is 0 Å². The minimum atomic E-state index is 0.238. The maximum atomic E-state index is 6.40. The molecule has 3 nitrogen and oxygen atoms in total. The molecule has 0 saturated carbocycles. The molecule has 2 rings (SSSR count). The molecule has 136 valence electrons. The van der Waals surface area contributed by atoms with E-state index < -0.39 is 0 Å². The first-order valence-corrected chi connectivity index (χ1v) is 9.41. The highest BCUT2D eigenvalue weighted by molar-refractivity contribution is 6.36. The molecule has 0 aliphatic carbocycles. The van der Waals surface area contributed by atoms with E-state index >= 15 is 0 Å². The summed E-state index contributed by atoms with van der Waals surface area (Å²) in [5.74, 6) is 1.23. The van der Waals surface area contributed by atoms with E-state index in [-0.39, 0.29) is 6.61 Å². The van der Waals surface area contributed by atoms with Gasteiger partial charge in [0.1, 0.15) is 6.61 Å². The largest absolute Gasteiger partial charge is 0.490 e. The zero-order valence-corrected chi connectivity index (χ0v) is 16.6. The fraction of sp³-hybridized carbons (Fsp3) is 0.368. The van der Waals surface area contributed by atoms with Gasteiger partial charge < -0.3 is 14.8 Å². The monoisotopic (exact) mass is 401 g/mol. The molecule has 1 N–H and O–H groups in total. The topological polar surface area (TPSA) is 30.5 Å². The second kappa shape index (κ2) is 10.1. The van der Waals surface area contributed by atoms with E-state index in [1.165, 1.54) is 0 Å². The highest BCUT2D eigenvalue weighted by atomic mass is 35.5. The van der Waals surface area contributed by atoms with Crippen LogP contribution in [0.1, 0.15) is 31.4 Å². The van der Waals surface area contributed by atoms with Crippen LogP contribution in [0.2, 0.25) is 15.1 Å². The molecule has 0 atom stereocenters. The quantitative estimate of drug-likeness (QED) is 0.512. The van der Waals surface area contributed by atoms with Crippen LogP contribution in [0.3, 0.4) is 0 Å². The summed E-state index contributed by atoms with van der Waals surface area (Å²) in [6, 6.07) is 9.06. The Balaban J connectivity index is 2.19. The molecule has 0 bridgehead atoms. The average molecular weight is 403 g/mol. The highest BCUT2D eigenvalue weighted by Gasteiger charge is 2.13. The molecular weight excluding hydrogens is 381 g/mol. The van der Waals surface area contributed by atoms with Crippen LogP contribution in [0.15, 0.2) is 30.3 Å². The summed E-state index contributed by atoms with van der Waals surface area (Å²) in [5.41, 5.74) is 1.71. The maximum absolute atomic E-state index is 6.40. The average Bonchev–Trinajstić information content (AvgIpc) is 2.58.